The number of carbonyl (C=O) groups is 1. The molecule has 0 aliphatic carbocycles. The van der Waals surface area contributed by atoms with Crippen LogP contribution in [0.4, 0.5) is 5.69 Å². The zero-order chi connectivity index (χ0) is 13.9. The monoisotopic (exact) mass is 275 g/mol. The summed E-state index contributed by atoms with van der Waals surface area (Å²) in [5.74, 6) is 5.23. The summed E-state index contributed by atoms with van der Waals surface area (Å²) >= 11 is 0. The van der Waals surface area contributed by atoms with Gasteiger partial charge in [-0.15, -0.1) is 0 Å². The van der Waals surface area contributed by atoms with Crippen LogP contribution in [0.1, 0.15) is 36.2 Å². The van der Waals surface area contributed by atoms with Gasteiger partial charge < -0.3 is 15.6 Å². The Bertz CT molecular complexity index is 492. The first-order valence-corrected chi connectivity index (χ1v) is 7.24. The van der Waals surface area contributed by atoms with E-state index in [9.17, 15) is 4.79 Å². The number of rotatable bonds is 3. The van der Waals surface area contributed by atoms with E-state index in [4.69, 9.17) is 5.84 Å². The number of carbonyl (C=O) groups excluding carboxylic acids is 1. The Hall–Kier alpha value is -1.66. The number of hydrazine groups is 1. The molecule has 0 aromatic carbocycles. The van der Waals surface area contributed by atoms with E-state index in [-0.39, 0.29) is 11.9 Å². The number of nitrogens with zero attached hydrogens (tertiary/aromatic N) is 2. The number of piperidine rings is 1. The van der Waals surface area contributed by atoms with Gasteiger partial charge in [0.15, 0.2) is 0 Å². The fourth-order valence-electron chi connectivity index (χ4n) is 3.26. The van der Waals surface area contributed by atoms with Crippen molar-refractivity contribution in [3.05, 3.63) is 24.0 Å². The molecule has 3 heterocycles. The molecular weight excluding hydrogens is 254 g/mol. The quantitative estimate of drug-likeness (QED) is 0.559. The van der Waals surface area contributed by atoms with Gasteiger partial charge in [-0.3, -0.25) is 15.6 Å². The molecule has 20 heavy (non-hydrogen) atoms. The van der Waals surface area contributed by atoms with Crippen molar-refractivity contribution in [2.75, 3.05) is 18.5 Å². The van der Waals surface area contributed by atoms with Gasteiger partial charge in [0.05, 0.1) is 5.69 Å². The average molecular weight is 275 g/mol. The maximum Gasteiger partial charge on any atom is 0.270 e. The van der Waals surface area contributed by atoms with Gasteiger partial charge in [-0.2, -0.15) is 0 Å². The highest BCUT2D eigenvalue weighted by atomic mass is 16.1. The summed E-state index contributed by atoms with van der Waals surface area (Å²) in [5, 5.41) is 3.10. The Morgan fingerprint density at radius 2 is 2.30 bits per heavy atom. The van der Waals surface area contributed by atoms with Crippen molar-refractivity contribution < 1.29 is 4.79 Å². The highest BCUT2D eigenvalue weighted by Gasteiger charge is 2.32. The van der Waals surface area contributed by atoms with Gasteiger partial charge >= 0.3 is 0 Å². The molecule has 2 fully saturated rings. The number of hydrogen-bond donors (Lipinski definition) is 3. The van der Waals surface area contributed by atoms with Crippen LogP contribution in [0.25, 0.3) is 0 Å². The predicted molar refractivity (Wildman–Crippen MR) is 77.1 cm³/mol. The van der Waals surface area contributed by atoms with Crippen LogP contribution < -0.4 is 16.6 Å². The van der Waals surface area contributed by atoms with Gasteiger partial charge in [-0.25, -0.2) is 0 Å². The molecule has 2 aliphatic heterocycles. The van der Waals surface area contributed by atoms with Gasteiger partial charge in [-0.05, 0) is 44.4 Å². The molecule has 2 atom stereocenters. The van der Waals surface area contributed by atoms with E-state index < -0.39 is 0 Å². The van der Waals surface area contributed by atoms with Crippen molar-refractivity contribution in [1.29, 1.82) is 0 Å². The second-order valence-corrected chi connectivity index (χ2v) is 5.60. The van der Waals surface area contributed by atoms with Gasteiger partial charge in [-0.1, -0.05) is 0 Å². The first-order valence-electron chi connectivity index (χ1n) is 7.24. The predicted octanol–water partition coefficient (Wildman–Crippen LogP) is 0.724. The second kappa shape index (κ2) is 5.76. The summed E-state index contributed by atoms with van der Waals surface area (Å²) in [6.07, 6.45) is 6.22. The minimum absolute atomic E-state index is 0.112. The molecule has 0 radical (unpaired) electrons. The number of pyridine rings is 1. The van der Waals surface area contributed by atoms with Crippen molar-refractivity contribution in [3.8, 4) is 0 Å². The smallest absolute Gasteiger partial charge is 0.270 e. The van der Waals surface area contributed by atoms with Crippen LogP contribution in [-0.4, -0.2) is 41.0 Å². The van der Waals surface area contributed by atoms with Crippen molar-refractivity contribution in [2.24, 2.45) is 5.84 Å². The van der Waals surface area contributed by atoms with Crippen molar-refractivity contribution in [1.82, 2.24) is 15.2 Å². The first kappa shape index (κ1) is 13.3. The third-order valence-corrected chi connectivity index (χ3v) is 4.31. The lowest BCUT2D eigenvalue weighted by atomic mass is 9.97. The van der Waals surface area contributed by atoms with Crippen molar-refractivity contribution >= 4 is 11.6 Å². The molecule has 1 aromatic heterocycles. The van der Waals surface area contributed by atoms with E-state index in [1.165, 1.54) is 19.4 Å². The molecule has 108 valence electrons. The Balaban J connectivity index is 1.61. The fourth-order valence-corrected chi connectivity index (χ4v) is 3.26. The summed E-state index contributed by atoms with van der Waals surface area (Å²) in [5.41, 5.74) is 3.63. The third kappa shape index (κ3) is 2.76. The molecule has 6 heteroatoms. The largest absolute Gasteiger partial charge is 0.348 e. The topological polar surface area (TPSA) is 83.3 Å². The Kier molecular flexibility index (Phi) is 3.84. The number of fused-ring (bicyclic) bond motifs is 1. The fraction of sp³-hybridized carbons (Fsp3) is 0.571. The lowest BCUT2D eigenvalue weighted by molar-refractivity contribution is 0.0891. The highest BCUT2D eigenvalue weighted by molar-refractivity contribution is 5.93. The Labute approximate surface area is 118 Å². The van der Waals surface area contributed by atoms with Crippen molar-refractivity contribution in [2.45, 2.75) is 37.8 Å². The maximum absolute atomic E-state index is 12.2. The van der Waals surface area contributed by atoms with Crippen LogP contribution >= 0.6 is 0 Å². The first-order chi connectivity index (χ1) is 9.76. The molecule has 0 saturated carbocycles. The summed E-state index contributed by atoms with van der Waals surface area (Å²) in [6, 6.07) is 4.31. The number of amides is 1. The Morgan fingerprint density at radius 1 is 1.40 bits per heavy atom. The summed E-state index contributed by atoms with van der Waals surface area (Å²) in [6.45, 7) is 2.31. The van der Waals surface area contributed by atoms with E-state index in [0.717, 1.165) is 19.4 Å². The van der Waals surface area contributed by atoms with Crippen LogP contribution in [0.2, 0.25) is 0 Å². The van der Waals surface area contributed by atoms with E-state index in [1.54, 1.807) is 18.3 Å². The summed E-state index contributed by atoms with van der Waals surface area (Å²) in [4.78, 5) is 18.9. The van der Waals surface area contributed by atoms with Crippen LogP contribution in [0.3, 0.4) is 0 Å². The average Bonchev–Trinajstić information content (AvgIpc) is 2.95. The SMILES string of the molecule is NNc1ccnc(C(=O)NC2CCN3CCCC3C2)c1. The number of anilines is 1. The number of nitrogens with one attached hydrogen (secondary N) is 2. The van der Waals surface area contributed by atoms with Crippen LogP contribution in [0.15, 0.2) is 18.3 Å². The summed E-state index contributed by atoms with van der Waals surface area (Å²) < 4.78 is 0. The molecular formula is C14H21N5O. The molecule has 0 spiro atoms. The zero-order valence-electron chi connectivity index (χ0n) is 11.5. The van der Waals surface area contributed by atoms with Gasteiger partial charge in [0.2, 0.25) is 0 Å². The molecule has 1 amide bonds. The molecule has 1 aromatic rings. The van der Waals surface area contributed by atoms with Crippen LogP contribution in [-0.2, 0) is 0 Å². The molecule has 0 bridgehead atoms. The number of nitrogen functional groups attached to an aromatic ring is 1. The number of hydrogen-bond acceptors (Lipinski definition) is 5. The van der Waals surface area contributed by atoms with Crippen LogP contribution in [0.5, 0.6) is 0 Å². The Morgan fingerprint density at radius 3 is 3.15 bits per heavy atom. The van der Waals surface area contributed by atoms with Gasteiger partial charge in [0, 0.05) is 24.8 Å². The van der Waals surface area contributed by atoms with Gasteiger partial charge in [0.1, 0.15) is 5.69 Å². The molecule has 2 unspecified atom stereocenters. The van der Waals surface area contributed by atoms with Gasteiger partial charge in [0.25, 0.3) is 5.91 Å². The standard InChI is InChI=1S/C14H21N5O/c15-18-11-3-5-16-13(9-11)14(20)17-10-4-7-19-6-1-2-12(19)8-10/h3,5,9-10,12H,1-2,4,6-8,15H2,(H,16,18)(H,17,20). The zero-order valence-corrected chi connectivity index (χ0v) is 11.5. The number of nitrogens with two attached hydrogens (primary N) is 1. The van der Waals surface area contributed by atoms with E-state index >= 15 is 0 Å². The molecule has 2 saturated heterocycles. The molecule has 3 rings (SSSR count). The lowest BCUT2D eigenvalue weighted by Gasteiger charge is -2.35. The van der Waals surface area contributed by atoms with E-state index in [0.29, 0.717) is 17.4 Å². The molecule has 4 N–H and O–H groups in total. The summed E-state index contributed by atoms with van der Waals surface area (Å²) in [7, 11) is 0. The molecule has 2 aliphatic rings. The van der Waals surface area contributed by atoms with Crippen molar-refractivity contribution in [3.63, 3.8) is 0 Å². The number of aromatic nitrogens is 1. The minimum atomic E-state index is -0.112. The van der Waals surface area contributed by atoms with E-state index in [1.807, 2.05) is 0 Å². The normalized spacial score (nSPS) is 26.1. The highest BCUT2D eigenvalue weighted by Crippen LogP contribution is 2.26. The second-order valence-electron chi connectivity index (χ2n) is 5.60. The van der Waals surface area contributed by atoms with Crippen LogP contribution in [0, 0.1) is 0 Å². The maximum atomic E-state index is 12.2. The third-order valence-electron chi connectivity index (χ3n) is 4.31. The lowest BCUT2D eigenvalue weighted by Crippen LogP contribution is -2.47. The minimum Gasteiger partial charge on any atom is -0.348 e. The van der Waals surface area contributed by atoms with E-state index in [2.05, 4.69) is 20.6 Å². The molecule has 6 nitrogen and oxygen atoms in total.